The fourth-order valence-corrected chi connectivity index (χ4v) is 2.87. The maximum atomic E-state index is 10.9. The Balaban J connectivity index is 2.08. The second-order valence-corrected chi connectivity index (χ2v) is 6.06. The number of carbonyl (C=O) groups is 1. The number of Topliss-reactive ketones (excluding diaryl/α,β-unsaturated/α-hetero) is 1. The van der Waals surface area contributed by atoms with Crippen molar-refractivity contribution >= 4 is 17.5 Å². The average molecular weight is 288 g/mol. The van der Waals surface area contributed by atoms with Crippen molar-refractivity contribution in [1.82, 2.24) is 9.55 Å². The van der Waals surface area contributed by atoms with E-state index in [0.29, 0.717) is 6.42 Å². The van der Waals surface area contributed by atoms with E-state index in [-0.39, 0.29) is 5.78 Å². The van der Waals surface area contributed by atoms with Gasteiger partial charge in [-0.05, 0) is 50.5 Å². The second-order valence-electron chi connectivity index (χ2n) is 5.00. The highest BCUT2D eigenvalue weighted by Gasteiger charge is 2.06. The molecule has 0 bridgehead atoms. The van der Waals surface area contributed by atoms with Crippen molar-refractivity contribution in [2.45, 2.75) is 38.8 Å². The van der Waals surface area contributed by atoms with Gasteiger partial charge in [0.2, 0.25) is 0 Å². The maximum absolute atomic E-state index is 10.9. The first-order chi connectivity index (χ1) is 9.58. The normalized spacial score (nSPS) is 10.8. The van der Waals surface area contributed by atoms with Gasteiger partial charge in [-0.15, -0.1) is 0 Å². The molecule has 1 heterocycles. The molecule has 3 nitrogen and oxygen atoms in total. The van der Waals surface area contributed by atoms with Crippen LogP contribution in [-0.4, -0.2) is 21.1 Å². The van der Waals surface area contributed by atoms with Gasteiger partial charge >= 0.3 is 0 Å². The summed E-state index contributed by atoms with van der Waals surface area (Å²) in [6.07, 6.45) is 5.36. The van der Waals surface area contributed by atoms with Gasteiger partial charge in [0.25, 0.3) is 0 Å². The highest BCUT2D eigenvalue weighted by Crippen LogP contribution is 2.22. The molecule has 0 aliphatic rings. The Labute approximate surface area is 124 Å². The SMILES string of the molecule is CC(=O)CCCSc1nccn1-c1ccc(C)c(C)c1. The summed E-state index contributed by atoms with van der Waals surface area (Å²) in [6, 6.07) is 6.43. The van der Waals surface area contributed by atoms with Crippen molar-refractivity contribution in [2.24, 2.45) is 0 Å². The Bertz CT molecular complexity index is 604. The van der Waals surface area contributed by atoms with Gasteiger partial charge < -0.3 is 4.79 Å². The number of benzene rings is 1. The van der Waals surface area contributed by atoms with Crippen LogP contribution in [0.3, 0.4) is 0 Å². The summed E-state index contributed by atoms with van der Waals surface area (Å²) in [5.41, 5.74) is 3.72. The zero-order valence-corrected chi connectivity index (χ0v) is 13.0. The number of ketones is 1. The number of aromatic nitrogens is 2. The van der Waals surface area contributed by atoms with E-state index in [0.717, 1.165) is 23.0 Å². The zero-order chi connectivity index (χ0) is 14.5. The standard InChI is InChI=1S/C16H20N2OS/c1-12-6-7-15(11-13(12)2)18-9-8-17-16(18)20-10-4-5-14(3)19/h6-9,11H,4-5,10H2,1-3H3. The predicted molar refractivity (Wildman–Crippen MR) is 83.7 cm³/mol. The van der Waals surface area contributed by atoms with Crippen LogP contribution >= 0.6 is 11.8 Å². The molecule has 20 heavy (non-hydrogen) atoms. The van der Waals surface area contributed by atoms with Crippen molar-refractivity contribution in [2.75, 3.05) is 5.75 Å². The monoisotopic (exact) mass is 288 g/mol. The Hall–Kier alpha value is -1.55. The van der Waals surface area contributed by atoms with E-state index < -0.39 is 0 Å². The lowest BCUT2D eigenvalue weighted by Crippen LogP contribution is -1.97. The molecule has 106 valence electrons. The smallest absolute Gasteiger partial charge is 0.172 e. The minimum Gasteiger partial charge on any atom is -0.300 e. The largest absolute Gasteiger partial charge is 0.300 e. The Morgan fingerprint density at radius 3 is 2.80 bits per heavy atom. The van der Waals surface area contributed by atoms with Crippen LogP contribution in [0.4, 0.5) is 0 Å². The van der Waals surface area contributed by atoms with Crippen molar-refractivity contribution in [3.8, 4) is 5.69 Å². The molecule has 2 aromatic rings. The molecule has 0 aliphatic heterocycles. The topological polar surface area (TPSA) is 34.9 Å². The van der Waals surface area contributed by atoms with Gasteiger partial charge in [-0.1, -0.05) is 17.8 Å². The van der Waals surface area contributed by atoms with Gasteiger partial charge in [0.1, 0.15) is 5.78 Å². The summed E-state index contributed by atoms with van der Waals surface area (Å²) < 4.78 is 2.10. The summed E-state index contributed by atoms with van der Waals surface area (Å²) in [6.45, 7) is 5.88. The van der Waals surface area contributed by atoms with Crippen LogP contribution in [0, 0.1) is 13.8 Å². The predicted octanol–water partition coefficient (Wildman–Crippen LogP) is 3.95. The first-order valence-corrected chi connectivity index (χ1v) is 7.79. The number of thioether (sulfide) groups is 1. The van der Waals surface area contributed by atoms with E-state index in [4.69, 9.17) is 0 Å². The van der Waals surface area contributed by atoms with Crippen LogP contribution < -0.4 is 0 Å². The fraction of sp³-hybridized carbons (Fsp3) is 0.375. The van der Waals surface area contributed by atoms with Gasteiger partial charge in [0.05, 0.1) is 0 Å². The van der Waals surface area contributed by atoms with E-state index in [9.17, 15) is 4.79 Å². The minimum atomic E-state index is 0.253. The maximum Gasteiger partial charge on any atom is 0.172 e. The molecule has 1 aromatic heterocycles. The average Bonchev–Trinajstić information content (AvgIpc) is 2.86. The van der Waals surface area contributed by atoms with Crippen molar-refractivity contribution < 1.29 is 4.79 Å². The first-order valence-electron chi connectivity index (χ1n) is 6.81. The Morgan fingerprint density at radius 1 is 1.30 bits per heavy atom. The molecule has 0 unspecified atom stereocenters. The van der Waals surface area contributed by atoms with Crippen molar-refractivity contribution in [1.29, 1.82) is 0 Å². The molecule has 0 atom stereocenters. The Kier molecular flexibility index (Phi) is 5.01. The third-order valence-corrected chi connectivity index (χ3v) is 4.33. The van der Waals surface area contributed by atoms with Crippen LogP contribution in [0.25, 0.3) is 5.69 Å². The molecular formula is C16H20N2OS. The van der Waals surface area contributed by atoms with Crippen LogP contribution in [0.5, 0.6) is 0 Å². The quantitative estimate of drug-likeness (QED) is 0.596. The third kappa shape index (κ3) is 3.73. The van der Waals surface area contributed by atoms with Gasteiger partial charge in [-0.3, -0.25) is 4.57 Å². The first kappa shape index (κ1) is 14.9. The molecule has 0 N–H and O–H groups in total. The van der Waals surface area contributed by atoms with Gasteiger partial charge in [0, 0.05) is 30.3 Å². The van der Waals surface area contributed by atoms with Crippen molar-refractivity contribution in [3.63, 3.8) is 0 Å². The lowest BCUT2D eigenvalue weighted by Gasteiger charge is -2.09. The number of carbonyl (C=O) groups excluding carboxylic acids is 1. The van der Waals surface area contributed by atoms with E-state index >= 15 is 0 Å². The van der Waals surface area contributed by atoms with Gasteiger partial charge in [0.15, 0.2) is 5.16 Å². The number of imidazole rings is 1. The Morgan fingerprint density at radius 2 is 2.10 bits per heavy atom. The number of hydrogen-bond donors (Lipinski definition) is 0. The molecule has 0 spiro atoms. The van der Waals surface area contributed by atoms with E-state index in [1.807, 2.05) is 12.4 Å². The van der Waals surface area contributed by atoms with Gasteiger partial charge in [-0.2, -0.15) is 0 Å². The molecule has 1 aromatic carbocycles. The highest BCUT2D eigenvalue weighted by atomic mass is 32.2. The number of nitrogens with zero attached hydrogens (tertiary/aromatic N) is 2. The summed E-state index contributed by atoms with van der Waals surface area (Å²) in [5, 5.41) is 0.983. The summed E-state index contributed by atoms with van der Waals surface area (Å²) >= 11 is 1.70. The van der Waals surface area contributed by atoms with Crippen LogP contribution in [0.2, 0.25) is 0 Å². The molecule has 4 heteroatoms. The van der Waals surface area contributed by atoms with Crippen molar-refractivity contribution in [3.05, 3.63) is 41.7 Å². The third-order valence-electron chi connectivity index (χ3n) is 3.28. The molecule has 0 saturated carbocycles. The second kappa shape index (κ2) is 6.75. The summed E-state index contributed by atoms with van der Waals surface area (Å²) in [4.78, 5) is 15.3. The molecule has 0 aliphatic carbocycles. The van der Waals surface area contributed by atoms with Crippen LogP contribution in [-0.2, 0) is 4.79 Å². The number of rotatable bonds is 6. The van der Waals surface area contributed by atoms with Crippen LogP contribution in [0.1, 0.15) is 30.9 Å². The lowest BCUT2D eigenvalue weighted by molar-refractivity contribution is -0.117. The summed E-state index contributed by atoms with van der Waals surface area (Å²) in [5.74, 6) is 1.17. The highest BCUT2D eigenvalue weighted by molar-refractivity contribution is 7.99. The van der Waals surface area contributed by atoms with E-state index in [1.165, 1.54) is 11.1 Å². The number of hydrogen-bond acceptors (Lipinski definition) is 3. The molecule has 0 saturated heterocycles. The number of aryl methyl sites for hydroxylation is 2. The molecule has 0 radical (unpaired) electrons. The zero-order valence-electron chi connectivity index (χ0n) is 12.2. The lowest BCUT2D eigenvalue weighted by atomic mass is 10.1. The summed E-state index contributed by atoms with van der Waals surface area (Å²) in [7, 11) is 0. The molecular weight excluding hydrogens is 268 g/mol. The molecule has 0 fully saturated rings. The fourth-order valence-electron chi connectivity index (χ4n) is 1.95. The molecule has 0 amide bonds. The van der Waals surface area contributed by atoms with E-state index in [2.05, 4.69) is 41.6 Å². The van der Waals surface area contributed by atoms with E-state index in [1.54, 1.807) is 18.7 Å². The molecule has 2 rings (SSSR count). The minimum absolute atomic E-state index is 0.253. The van der Waals surface area contributed by atoms with Crippen LogP contribution in [0.15, 0.2) is 35.7 Å². The van der Waals surface area contributed by atoms with Gasteiger partial charge in [-0.25, -0.2) is 4.98 Å².